The molecule has 1 N–H and O–H groups in total. The van der Waals surface area contributed by atoms with Crippen molar-refractivity contribution in [3.63, 3.8) is 0 Å². The summed E-state index contributed by atoms with van der Waals surface area (Å²) in [6.45, 7) is 3.95. The van der Waals surface area contributed by atoms with E-state index in [0.717, 1.165) is 6.26 Å². The number of amides is 1. The number of hydrogen-bond donors (Lipinski definition) is 1. The van der Waals surface area contributed by atoms with Crippen LogP contribution in [0.5, 0.6) is 0 Å². The van der Waals surface area contributed by atoms with Gasteiger partial charge in [0.1, 0.15) is 4.90 Å². The number of rotatable bonds is 7. The highest BCUT2D eigenvalue weighted by atomic mass is 35.5. The van der Waals surface area contributed by atoms with Gasteiger partial charge in [-0.1, -0.05) is 25.4 Å². The first-order valence-corrected chi connectivity index (χ1v) is 12.0. The highest BCUT2D eigenvalue weighted by Crippen LogP contribution is 2.26. The number of carbonyl (C=O) groups excluding carboxylic acids is 1. The molecule has 0 aliphatic carbocycles. The van der Waals surface area contributed by atoms with Gasteiger partial charge in [0.05, 0.1) is 16.9 Å². The van der Waals surface area contributed by atoms with E-state index in [9.17, 15) is 21.6 Å². The Kier molecular flexibility index (Phi) is 6.81. The van der Waals surface area contributed by atoms with E-state index in [1.54, 1.807) is 13.8 Å². The average molecular weight is 446 g/mol. The molecule has 1 aromatic heterocycles. The second-order valence-electron chi connectivity index (χ2n) is 5.85. The van der Waals surface area contributed by atoms with E-state index in [-0.39, 0.29) is 39.3 Å². The maximum absolute atomic E-state index is 12.7. The minimum Gasteiger partial charge on any atom is -0.321 e. The second kappa shape index (κ2) is 8.56. The van der Waals surface area contributed by atoms with Crippen molar-refractivity contribution in [2.24, 2.45) is 0 Å². The molecule has 2 aromatic rings. The molecule has 0 radical (unpaired) electrons. The van der Waals surface area contributed by atoms with Crippen molar-refractivity contribution in [2.45, 2.75) is 23.8 Å². The molecular formula is C17H20ClN3O5S2. The van der Waals surface area contributed by atoms with Gasteiger partial charge in [-0.2, -0.15) is 4.31 Å². The fraction of sp³-hybridized carbons (Fsp3) is 0.294. The zero-order valence-corrected chi connectivity index (χ0v) is 17.9. The van der Waals surface area contributed by atoms with Crippen molar-refractivity contribution in [3.05, 3.63) is 47.1 Å². The van der Waals surface area contributed by atoms with Crippen molar-refractivity contribution >= 4 is 43.1 Å². The number of sulfone groups is 1. The van der Waals surface area contributed by atoms with Crippen LogP contribution in [0, 0.1) is 0 Å². The number of nitrogens with zero attached hydrogens (tertiary/aromatic N) is 2. The standard InChI is InChI=1S/C17H20ClN3O5S2/c1-4-21(5-2)28(25,26)15-10-12(6-8-14(15)18)17(22)20-13-7-9-16(19-11-13)27(3,23)24/h6-11H,4-5H2,1-3H3,(H,20,22). The normalized spacial score (nSPS) is 12.2. The lowest BCUT2D eigenvalue weighted by Crippen LogP contribution is -2.31. The smallest absolute Gasteiger partial charge is 0.255 e. The van der Waals surface area contributed by atoms with Crippen molar-refractivity contribution in [2.75, 3.05) is 24.7 Å². The van der Waals surface area contributed by atoms with Gasteiger partial charge in [-0.25, -0.2) is 21.8 Å². The van der Waals surface area contributed by atoms with Crippen molar-refractivity contribution in [1.82, 2.24) is 9.29 Å². The van der Waals surface area contributed by atoms with E-state index < -0.39 is 25.8 Å². The Morgan fingerprint density at radius 3 is 2.25 bits per heavy atom. The maximum atomic E-state index is 12.7. The minimum atomic E-state index is -3.84. The van der Waals surface area contributed by atoms with E-state index >= 15 is 0 Å². The molecule has 2 rings (SSSR count). The van der Waals surface area contributed by atoms with Gasteiger partial charge in [0.25, 0.3) is 5.91 Å². The molecule has 28 heavy (non-hydrogen) atoms. The molecule has 0 spiro atoms. The van der Waals surface area contributed by atoms with Crippen LogP contribution in [0.15, 0.2) is 46.5 Å². The van der Waals surface area contributed by atoms with Gasteiger partial charge >= 0.3 is 0 Å². The Balaban J connectivity index is 2.32. The number of pyridine rings is 1. The molecule has 0 atom stereocenters. The van der Waals surface area contributed by atoms with Crippen LogP contribution in [0.1, 0.15) is 24.2 Å². The summed E-state index contributed by atoms with van der Waals surface area (Å²) < 4.78 is 49.6. The number of halogens is 1. The Hall–Kier alpha value is -2.01. The lowest BCUT2D eigenvalue weighted by molar-refractivity contribution is 0.102. The first kappa shape index (κ1) is 22.3. The molecule has 1 aromatic carbocycles. The molecule has 1 heterocycles. The van der Waals surface area contributed by atoms with Crippen LogP contribution in [0.3, 0.4) is 0 Å². The first-order valence-electron chi connectivity index (χ1n) is 8.27. The summed E-state index contributed by atoms with van der Waals surface area (Å²) in [5, 5.41) is 2.44. The molecule has 11 heteroatoms. The van der Waals surface area contributed by atoms with Crippen LogP contribution in [0.4, 0.5) is 5.69 Å². The fourth-order valence-electron chi connectivity index (χ4n) is 2.42. The molecule has 0 aliphatic heterocycles. The van der Waals surface area contributed by atoms with Crippen LogP contribution < -0.4 is 5.32 Å². The molecule has 0 saturated heterocycles. The van der Waals surface area contributed by atoms with Gasteiger partial charge in [-0.05, 0) is 30.3 Å². The molecule has 0 fully saturated rings. The van der Waals surface area contributed by atoms with E-state index in [2.05, 4.69) is 10.3 Å². The molecule has 0 aliphatic rings. The Morgan fingerprint density at radius 2 is 1.75 bits per heavy atom. The molecule has 0 unspecified atom stereocenters. The van der Waals surface area contributed by atoms with Crippen LogP contribution in [-0.2, 0) is 19.9 Å². The highest BCUT2D eigenvalue weighted by molar-refractivity contribution is 7.90. The van der Waals surface area contributed by atoms with Crippen molar-refractivity contribution < 1.29 is 21.6 Å². The summed E-state index contributed by atoms with van der Waals surface area (Å²) in [6.07, 6.45) is 2.23. The number of aromatic nitrogens is 1. The Labute approximate surface area is 169 Å². The van der Waals surface area contributed by atoms with E-state index in [4.69, 9.17) is 11.6 Å². The minimum absolute atomic E-state index is 0.0163. The third-order valence-electron chi connectivity index (χ3n) is 3.89. The van der Waals surface area contributed by atoms with Crippen LogP contribution in [0.25, 0.3) is 0 Å². The van der Waals surface area contributed by atoms with E-state index in [1.165, 1.54) is 40.8 Å². The maximum Gasteiger partial charge on any atom is 0.255 e. The molecule has 152 valence electrons. The molecule has 1 amide bonds. The summed E-state index contributed by atoms with van der Waals surface area (Å²) in [6, 6.07) is 6.62. The number of carbonyl (C=O) groups is 1. The number of sulfonamides is 1. The van der Waals surface area contributed by atoms with Crippen LogP contribution >= 0.6 is 11.6 Å². The van der Waals surface area contributed by atoms with E-state index in [1.807, 2.05) is 0 Å². The average Bonchev–Trinajstić information content (AvgIpc) is 2.62. The SMILES string of the molecule is CCN(CC)S(=O)(=O)c1cc(C(=O)Nc2ccc(S(C)(=O)=O)nc2)ccc1Cl. The predicted molar refractivity (Wildman–Crippen MR) is 107 cm³/mol. The Bertz CT molecular complexity index is 1080. The summed E-state index contributed by atoms with van der Waals surface area (Å²) in [5.74, 6) is -0.582. The third-order valence-corrected chi connectivity index (χ3v) is 7.42. The summed E-state index contributed by atoms with van der Waals surface area (Å²) >= 11 is 6.06. The van der Waals surface area contributed by atoms with E-state index in [0.29, 0.717) is 0 Å². The van der Waals surface area contributed by atoms with Gasteiger partial charge in [0.15, 0.2) is 14.9 Å². The quantitative estimate of drug-likeness (QED) is 0.700. The number of anilines is 1. The van der Waals surface area contributed by atoms with Gasteiger partial charge in [0, 0.05) is 24.9 Å². The second-order valence-corrected chi connectivity index (χ2v) is 10.1. The lowest BCUT2D eigenvalue weighted by atomic mass is 10.2. The summed E-state index contributed by atoms with van der Waals surface area (Å²) in [4.78, 5) is 16.1. The van der Waals surface area contributed by atoms with Gasteiger partial charge < -0.3 is 5.32 Å². The summed E-state index contributed by atoms with van der Waals surface area (Å²) in [7, 11) is -7.29. The largest absolute Gasteiger partial charge is 0.321 e. The van der Waals surface area contributed by atoms with Crippen LogP contribution in [-0.4, -0.2) is 51.4 Å². The van der Waals surface area contributed by atoms with Crippen LogP contribution in [0.2, 0.25) is 5.02 Å². The highest BCUT2D eigenvalue weighted by Gasteiger charge is 2.25. The van der Waals surface area contributed by atoms with Crippen molar-refractivity contribution in [3.8, 4) is 0 Å². The number of hydrogen-bond acceptors (Lipinski definition) is 6. The van der Waals surface area contributed by atoms with Crippen molar-refractivity contribution in [1.29, 1.82) is 0 Å². The topological polar surface area (TPSA) is 114 Å². The van der Waals surface area contributed by atoms with Gasteiger partial charge in [0.2, 0.25) is 10.0 Å². The first-order chi connectivity index (χ1) is 13.0. The third kappa shape index (κ3) is 4.88. The zero-order chi connectivity index (χ0) is 21.1. The lowest BCUT2D eigenvalue weighted by Gasteiger charge is -2.19. The molecular weight excluding hydrogens is 426 g/mol. The number of nitrogens with one attached hydrogen (secondary N) is 1. The van der Waals surface area contributed by atoms with Gasteiger partial charge in [-0.3, -0.25) is 4.79 Å². The molecule has 8 nitrogen and oxygen atoms in total. The fourth-order valence-corrected chi connectivity index (χ4v) is 4.94. The zero-order valence-electron chi connectivity index (χ0n) is 15.5. The Morgan fingerprint density at radius 1 is 1.11 bits per heavy atom. The monoisotopic (exact) mass is 445 g/mol. The molecule has 0 saturated carbocycles. The predicted octanol–water partition coefficient (Wildman–Crippen LogP) is 2.42. The summed E-state index contributed by atoms with van der Waals surface area (Å²) in [5.41, 5.74) is 0.350. The number of benzene rings is 1. The van der Waals surface area contributed by atoms with Gasteiger partial charge in [-0.15, -0.1) is 0 Å². The molecule has 0 bridgehead atoms.